The van der Waals surface area contributed by atoms with Gasteiger partial charge in [-0.15, -0.1) is 0 Å². The molecule has 1 saturated heterocycles. The Kier molecular flexibility index (Phi) is 7.12. The molecule has 3 heteroatoms. The van der Waals surface area contributed by atoms with Crippen LogP contribution in [0.3, 0.4) is 0 Å². The van der Waals surface area contributed by atoms with E-state index in [2.05, 4.69) is 42.5 Å². The van der Waals surface area contributed by atoms with Gasteiger partial charge in [-0.1, -0.05) is 0 Å². The van der Waals surface area contributed by atoms with Crippen molar-refractivity contribution < 1.29 is 21.7 Å². The molecule has 1 fully saturated rings. The number of halogens is 1. The Morgan fingerprint density at radius 3 is 2.12 bits per heavy atom. The van der Waals surface area contributed by atoms with Crippen molar-refractivity contribution in [2.75, 3.05) is 13.2 Å². The van der Waals surface area contributed by atoms with E-state index in [0.717, 1.165) is 13.2 Å². The number of ether oxygens (including phenoxy) is 1. The van der Waals surface area contributed by atoms with E-state index in [-0.39, 0.29) is 17.0 Å². The maximum absolute atomic E-state index is 4.94. The molecule has 0 bridgehead atoms. The summed E-state index contributed by atoms with van der Waals surface area (Å²) in [7, 11) is 0. The fourth-order valence-electron chi connectivity index (χ4n) is 1.80. The molecule has 1 aliphatic rings. The first-order valence-corrected chi connectivity index (χ1v) is 6.46. The van der Waals surface area contributed by atoms with Gasteiger partial charge in [0.25, 0.3) is 0 Å². The van der Waals surface area contributed by atoms with Crippen molar-refractivity contribution in [2.45, 2.75) is 12.8 Å². The Labute approximate surface area is 126 Å². The van der Waals surface area contributed by atoms with Gasteiger partial charge in [0.05, 0.1) is 0 Å². The predicted molar refractivity (Wildman–Crippen MR) is 69.4 cm³/mol. The first kappa shape index (κ1) is 15.0. The van der Waals surface area contributed by atoms with E-state index in [9.17, 15) is 0 Å². The van der Waals surface area contributed by atoms with Crippen LogP contribution in [0.15, 0.2) is 42.5 Å². The first-order valence-electron chi connectivity index (χ1n) is 5.75. The van der Waals surface area contributed by atoms with Crippen LogP contribution >= 0.6 is 0 Å². The minimum absolute atomic E-state index is 0. The number of hydrogen-bond acceptors (Lipinski definition) is 1. The van der Waals surface area contributed by atoms with Crippen molar-refractivity contribution in [1.29, 1.82) is 0 Å². The van der Waals surface area contributed by atoms with Gasteiger partial charge in [0.15, 0.2) is 0 Å². The summed E-state index contributed by atoms with van der Waals surface area (Å²) in [5.74, 6) is 0. The third-order valence-corrected chi connectivity index (χ3v) is 3.32. The van der Waals surface area contributed by atoms with Crippen molar-refractivity contribution >= 4 is 36.2 Å². The summed E-state index contributed by atoms with van der Waals surface area (Å²) in [6.45, 7) is 2.00. The molecule has 0 N–H and O–H groups in total. The number of benzene rings is 2. The van der Waals surface area contributed by atoms with Crippen LogP contribution in [0.25, 0.3) is 10.8 Å². The van der Waals surface area contributed by atoms with E-state index >= 15 is 0 Å². The minimum atomic E-state index is 0. The second-order valence-electron chi connectivity index (χ2n) is 3.96. The Hall–Kier alpha value is -0.0938. The first-order chi connectivity index (χ1) is 7.88. The van der Waals surface area contributed by atoms with Crippen molar-refractivity contribution in [3.05, 3.63) is 42.5 Å². The Balaban J connectivity index is 0.000000205. The van der Waals surface area contributed by atoms with Crippen molar-refractivity contribution in [3.63, 3.8) is 0 Å². The SMILES string of the molecule is C1CCOC1.[Br-].[Mg+][c]1cccc2ccccc12. The van der Waals surface area contributed by atoms with Crippen LogP contribution in [0.1, 0.15) is 12.8 Å². The summed E-state index contributed by atoms with van der Waals surface area (Å²) in [6.07, 6.45) is 2.56. The van der Waals surface area contributed by atoms with Crippen LogP contribution in [-0.4, -0.2) is 34.9 Å². The average Bonchev–Trinajstić information content (AvgIpc) is 2.88. The monoisotopic (exact) mass is 302 g/mol. The van der Waals surface area contributed by atoms with Gasteiger partial charge in [-0.05, 0) is 12.8 Å². The standard InChI is InChI=1S/C10H7.C4H8O.BrH.Mg/c1-2-6-10-8-4-3-7-9(10)5-1;1-2-4-5-3-1;;/h1-7H;1-4H2;1H;/q;;;+1/p-1. The zero-order valence-corrected chi connectivity index (χ0v) is 12.9. The van der Waals surface area contributed by atoms with E-state index in [1.165, 1.54) is 27.3 Å². The fraction of sp³-hybridized carbons (Fsp3) is 0.286. The summed E-state index contributed by atoms with van der Waals surface area (Å²) < 4.78 is 6.32. The molecule has 1 nitrogen and oxygen atoms in total. The summed E-state index contributed by atoms with van der Waals surface area (Å²) in [5.41, 5.74) is 0. The predicted octanol–water partition coefficient (Wildman–Crippen LogP) is -0.566. The van der Waals surface area contributed by atoms with Gasteiger partial charge in [0.2, 0.25) is 0 Å². The number of rotatable bonds is 0. The van der Waals surface area contributed by atoms with E-state index in [4.69, 9.17) is 4.74 Å². The van der Waals surface area contributed by atoms with Crippen molar-refractivity contribution in [2.24, 2.45) is 0 Å². The second-order valence-corrected chi connectivity index (χ2v) is 4.72. The van der Waals surface area contributed by atoms with Crippen LogP contribution in [-0.2, 0) is 4.74 Å². The normalized spacial score (nSPS) is 13.8. The molecule has 0 atom stereocenters. The fourth-order valence-corrected chi connectivity index (χ4v) is 2.26. The van der Waals surface area contributed by atoms with Gasteiger partial charge < -0.3 is 21.7 Å². The van der Waals surface area contributed by atoms with Gasteiger partial charge in [-0.2, -0.15) is 0 Å². The molecule has 0 spiro atoms. The quantitative estimate of drug-likeness (QED) is 0.593. The zero-order valence-electron chi connectivity index (χ0n) is 9.86. The van der Waals surface area contributed by atoms with Gasteiger partial charge in [-0.25, -0.2) is 0 Å². The van der Waals surface area contributed by atoms with Gasteiger partial charge in [-0.3, -0.25) is 0 Å². The van der Waals surface area contributed by atoms with Crippen LogP contribution in [0.5, 0.6) is 0 Å². The summed E-state index contributed by atoms with van der Waals surface area (Å²) in [4.78, 5) is 0. The molecule has 0 saturated carbocycles. The molecule has 1 aliphatic heterocycles. The molecule has 86 valence electrons. The molecule has 17 heavy (non-hydrogen) atoms. The number of hydrogen-bond donors (Lipinski definition) is 0. The van der Waals surface area contributed by atoms with E-state index in [0.29, 0.717) is 0 Å². The molecule has 0 amide bonds. The molecule has 2 aromatic carbocycles. The molecular weight excluding hydrogens is 288 g/mol. The van der Waals surface area contributed by atoms with Crippen LogP contribution in [0, 0.1) is 0 Å². The average molecular weight is 303 g/mol. The number of fused-ring (bicyclic) bond motifs is 1. The van der Waals surface area contributed by atoms with Crippen LogP contribution < -0.4 is 20.7 Å². The van der Waals surface area contributed by atoms with Gasteiger partial charge in [0.1, 0.15) is 0 Å². The van der Waals surface area contributed by atoms with E-state index < -0.39 is 0 Å². The van der Waals surface area contributed by atoms with Crippen molar-refractivity contribution in [3.8, 4) is 0 Å². The molecule has 0 radical (unpaired) electrons. The third-order valence-electron chi connectivity index (χ3n) is 2.71. The molecule has 0 aromatic heterocycles. The zero-order chi connectivity index (χ0) is 11.2. The van der Waals surface area contributed by atoms with E-state index in [1.807, 2.05) is 21.7 Å². The molecule has 0 aliphatic carbocycles. The summed E-state index contributed by atoms with van der Waals surface area (Å²) >= 11 is 1.94. The summed E-state index contributed by atoms with van der Waals surface area (Å²) in [6, 6.07) is 14.9. The maximum atomic E-state index is 4.94. The van der Waals surface area contributed by atoms with Gasteiger partial charge in [0, 0.05) is 13.2 Å². The third kappa shape index (κ3) is 4.58. The molecular formula is C14H15BrMgO. The van der Waals surface area contributed by atoms with Crippen LogP contribution in [0.2, 0.25) is 0 Å². The summed E-state index contributed by atoms with van der Waals surface area (Å²) in [5, 5.41) is 2.70. The Bertz CT molecular complexity index is 442. The van der Waals surface area contributed by atoms with E-state index in [1.54, 1.807) is 0 Å². The molecule has 3 rings (SSSR count). The second kappa shape index (κ2) is 8.09. The molecule has 0 unspecified atom stereocenters. The molecule has 2 aromatic rings. The Morgan fingerprint density at radius 1 is 0.882 bits per heavy atom. The van der Waals surface area contributed by atoms with Gasteiger partial charge >= 0.3 is 78.6 Å². The van der Waals surface area contributed by atoms with Crippen molar-refractivity contribution in [1.82, 2.24) is 0 Å². The topological polar surface area (TPSA) is 9.23 Å². The van der Waals surface area contributed by atoms with Crippen LogP contribution in [0.4, 0.5) is 0 Å². The Morgan fingerprint density at radius 2 is 1.53 bits per heavy atom. The molecule has 1 heterocycles.